The van der Waals surface area contributed by atoms with Crippen molar-refractivity contribution in [3.05, 3.63) is 0 Å². The van der Waals surface area contributed by atoms with Gasteiger partial charge in [-0.05, 0) is 0 Å². The lowest BCUT2D eigenvalue weighted by Gasteiger charge is -2.19. The van der Waals surface area contributed by atoms with Crippen LogP contribution in [0.1, 0.15) is 13.3 Å². The molecule has 82 valence electrons. The minimum atomic E-state index is -0.288. The summed E-state index contributed by atoms with van der Waals surface area (Å²) in [7, 11) is 3.03. The highest BCUT2D eigenvalue weighted by Gasteiger charge is 2.17. The highest BCUT2D eigenvalue weighted by atomic mass is 79.9. The van der Waals surface area contributed by atoms with Gasteiger partial charge in [-0.3, -0.25) is 9.59 Å². The summed E-state index contributed by atoms with van der Waals surface area (Å²) >= 11 is 3.19. The Morgan fingerprint density at radius 1 is 1.50 bits per heavy atom. The molecule has 5 heteroatoms. The molecule has 0 spiro atoms. The second kappa shape index (κ2) is 6.81. The van der Waals surface area contributed by atoms with Crippen molar-refractivity contribution in [2.45, 2.75) is 13.3 Å². The number of carbonyl (C=O) groups excluding carboxylic acids is 2. The second-order valence-corrected chi connectivity index (χ2v) is 3.93. The van der Waals surface area contributed by atoms with Crippen molar-refractivity contribution < 1.29 is 14.3 Å². The Morgan fingerprint density at radius 2 is 2.07 bits per heavy atom. The van der Waals surface area contributed by atoms with Gasteiger partial charge in [-0.15, -0.1) is 0 Å². The highest BCUT2D eigenvalue weighted by molar-refractivity contribution is 9.09. The Labute approximate surface area is 92.7 Å². The molecule has 0 bridgehead atoms. The van der Waals surface area contributed by atoms with Crippen LogP contribution in [0.4, 0.5) is 0 Å². The highest BCUT2D eigenvalue weighted by Crippen LogP contribution is 2.02. The molecule has 0 heterocycles. The number of hydrogen-bond donors (Lipinski definition) is 0. The minimum absolute atomic E-state index is 0.0256. The van der Waals surface area contributed by atoms with Crippen LogP contribution < -0.4 is 0 Å². The third-order valence-corrected chi connectivity index (χ3v) is 2.28. The van der Waals surface area contributed by atoms with Crippen molar-refractivity contribution in [3.8, 4) is 0 Å². The van der Waals surface area contributed by atoms with Gasteiger partial charge in [0, 0.05) is 25.3 Å². The van der Waals surface area contributed by atoms with Gasteiger partial charge >= 0.3 is 5.97 Å². The van der Waals surface area contributed by atoms with Crippen LogP contribution in [0.25, 0.3) is 0 Å². The maximum absolute atomic E-state index is 11.3. The molecule has 0 saturated carbocycles. The molecule has 0 rings (SSSR count). The number of ether oxygens (including phenoxy) is 1. The van der Waals surface area contributed by atoms with Crippen molar-refractivity contribution in [2.24, 2.45) is 5.92 Å². The van der Waals surface area contributed by atoms with Crippen molar-refractivity contribution in [2.75, 3.05) is 26.0 Å². The first-order valence-corrected chi connectivity index (χ1v) is 5.52. The van der Waals surface area contributed by atoms with E-state index >= 15 is 0 Å². The molecule has 0 aromatic rings. The molecule has 14 heavy (non-hydrogen) atoms. The number of carbonyl (C=O) groups is 2. The van der Waals surface area contributed by atoms with Crippen LogP contribution in [0.2, 0.25) is 0 Å². The fourth-order valence-corrected chi connectivity index (χ4v) is 1.40. The van der Waals surface area contributed by atoms with E-state index in [4.69, 9.17) is 0 Å². The molecule has 0 aliphatic carbocycles. The molecule has 1 amide bonds. The Kier molecular flexibility index (Phi) is 6.53. The Morgan fingerprint density at radius 3 is 2.50 bits per heavy atom. The Hall–Kier alpha value is -0.580. The molecule has 0 radical (unpaired) electrons. The molecule has 1 atom stereocenters. The number of alkyl halides is 1. The zero-order valence-electron chi connectivity index (χ0n) is 8.75. The van der Waals surface area contributed by atoms with Crippen LogP contribution in [0, 0.1) is 5.92 Å². The van der Waals surface area contributed by atoms with Crippen LogP contribution >= 0.6 is 15.9 Å². The summed E-state index contributed by atoms with van der Waals surface area (Å²) in [5.41, 5.74) is 0. The van der Waals surface area contributed by atoms with Gasteiger partial charge in [0.15, 0.2) is 0 Å². The summed E-state index contributed by atoms with van der Waals surface area (Å²) in [4.78, 5) is 23.9. The zero-order chi connectivity index (χ0) is 11.1. The first-order chi connectivity index (χ1) is 6.52. The van der Waals surface area contributed by atoms with Crippen LogP contribution in [-0.2, 0) is 14.3 Å². The van der Waals surface area contributed by atoms with E-state index in [1.54, 1.807) is 18.9 Å². The summed E-state index contributed by atoms with van der Waals surface area (Å²) in [6, 6.07) is 0. The van der Waals surface area contributed by atoms with Crippen molar-refractivity contribution in [1.82, 2.24) is 4.90 Å². The third-order valence-electron chi connectivity index (χ3n) is 1.89. The van der Waals surface area contributed by atoms with Gasteiger partial charge in [-0.1, -0.05) is 22.9 Å². The SMILES string of the molecule is COC(=O)C(C)CN(C)C(=O)CCBr. The van der Waals surface area contributed by atoms with E-state index < -0.39 is 0 Å². The largest absolute Gasteiger partial charge is 0.469 e. The second-order valence-electron chi connectivity index (χ2n) is 3.14. The van der Waals surface area contributed by atoms with Crippen LogP contribution in [-0.4, -0.2) is 42.8 Å². The van der Waals surface area contributed by atoms with Gasteiger partial charge in [0.2, 0.25) is 5.91 Å². The van der Waals surface area contributed by atoms with Crippen LogP contribution in [0.5, 0.6) is 0 Å². The summed E-state index contributed by atoms with van der Waals surface area (Å²) in [5, 5.41) is 0.642. The average Bonchev–Trinajstić information content (AvgIpc) is 2.16. The lowest BCUT2D eigenvalue weighted by molar-refractivity contribution is -0.146. The first-order valence-electron chi connectivity index (χ1n) is 4.40. The van der Waals surface area contributed by atoms with E-state index in [2.05, 4.69) is 20.7 Å². The van der Waals surface area contributed by atoms with Gasteiger partial charge in [-0.25, -0.2) is 0 Å². The van der Waals surface area contributed by atoms with E-state index in [9.17, 15) is 9.59 Å². The maximum Gasteiger partial charge on any atom is 0.310 e. The third kappa shape index (κ3) is 4.60. The monoisotopic (exact) mass is 265 g/mol. The first kappa shape index (κ1) is 13.4. The molecular weight excluding hydrogens is 250 g/mol. The predicted molar refractivity (Wildman–Crippen MR) is 57.2 cm³/mol. The molecule has 0 aliphatic rings. The molecule has 0 aromatic carbocycles. The number of hydrogen-bond acceptors (Lipinski definition) is 3. The maximum atomic E-state index is 11.3. The molecule has 1 unspecified atom stereocenters. The summed E-state index contributed by atoms with van der Waals surface area (Å²) in [6.07, 6.45) is 0.449. The zero-order valence-corrected chi connectivity index (χ0v) is 10.3. The molecule has 0 saturated heterocycles. The topological polar surface area (TPSA) is 46.6 Å². The summed E-state index contributed by atoms with van der Waals surface area (Å²) < 4.78 is 4.57. The molecule has 0 N–H and O–H groups in total. The summed E-state index contributed by atoms with van der Waals surface area (Å²) in [5.74, 6) is -0.537. The number of rotatable bonds is 5. The fourth-order valence-electron chi connectivity index (χ4n) is 1.06. The smallest absolute Gasteiger partial charge is 0.310 e. The molecule has 4 nitrogen and oxygen atoms in total. The van der Waals surface area contributed by atoms with E-state index in [1.165, 1.54) is 7.11 Å². The average molecular weight is 266 g/mol. The molecular formula is C9H16BrNO3. The lowest BCUT2D eigenvalue weighted by atomic mass is 10.1. The molecule has 0 aliphatic heterocycles. The number of nitrogens with zero attached hydrogens (tertiary/aromatic N) is 1. The normalized spacial score (nSPS) is 12.0. The van der Waals surface area contributed by atoms with Gasteiger partial charge in [0.05, 0.1) is 13.0 Å². The van der Waals surface area contributed by atoms with Gasteiger partial charge in [0.25, 0.3) is 0 Å². The lowest BCUT2D eigenvalue weighted by Crippen LogP contribution is -2.34. The van der Waals surface area contributed by atoms with E-state index in [-0.39, 0.29) is 17.8 Å². The molecule has 0 fully saturated rings. The quantitative estimate of drug-likeness (QED) is 0.551. The Balaban J connectivity index is 3.98. The van der Waals surface area contributed by atoms with Gasteiger partial charge in [0.1, 0.15) is 0 Å². The minimum Gasteiger partial charge on any atom is -0.469 e. The van der Waals surface area contributed by atoms with Gasteiger partial charge in [-0.2, -0.15) is 0 Å². The number of amides is 1. The van der Waals surface area contributed by atoms with Crippen LogP contribution in [0.3, 0.4) is 0 Å². The van der Waals surface area contributed by atoms with Crippen molar-refractivity contribution >= 4 is 27.8 Å². The van der Waals surface area contributed by atoms with Gasteiger partial charge < -0.3 is 9.64 Å². The molecule has 0 aromatic heterocycles. The van der Waals surface area contributed by atoms with E-state index in [1.807, 2.05) is 0 Å². The summed E-state index contributed by atoms with van der Waals surface area (Å²) in [6.45, 7) is 2.14. The van der Waals surface area contributed by atoms with E-state index in [0.717, 1.165) is 0 Å². The van der Waals surface area contributed by atoms with Crippen molar-refractivity contribution in [3.63, 3.8) is 0 Å². The fraction of sp³-hybridized carbons (Fsp3) is 0.778. The van der Waals surface area contributed by atoms with Crippen LogP contribution in [0.15, 0.2) is 0 Å². The standard InChI is InChI=1S/C9H16BrNO3/c1-7(9(13)14-3)6-11(2)8(12)4-5-10/h7H,4-6H2,1-3H3. The predicted octanol–water partition coefficient (Wildman–Crippen LogP) is 1.04. The Bertz CT molecular complexity index is 208. The number of esters is 1. The van der Waals surface area contributed by atoms with E-state index in [0.29, 0.717) is 18.3 Å². The number of halogens is 1. The van der Waals surface area contributed by atoms with Crippen molar-refractivity contribution in [1.29, 1.82) is 0 Å². The number of methoxy groups -OCH3 is 1.